The summed E-state index contributed by atoms with van der Waals surface area (Å²) in [4.78, 5) is 17.0. The maximum atomic E-state index is 14.5. The number of nitrogens with zero attached hydrogens (tertiary/aromatic N) is 3. The first kappa shape index (κ1) is 17.0. The average Bonchev–Trinajstić information content (AvgIpc) is 3.24. The number of rotatable bonds is 2. The molecule has 3 heterocycles. The molecule has 0 aliphatic carbocycles. The third-order valence-corrected chi connectivity index (χ3v) is 5.94. The van der Waals surface area contributed by atoms with Crippen molar-refractivity contribution < 1.29 is 13.6 Å². The molecular formula is C20H14F2N4OS. The quantitative estimate of drug-likeness (QED) is 0.541. The zero-order chi connectivity index (χ0) is 19.4. The topological polar surface area (TPSA) is 59.8 Å². The van der Waals surface area contributed by atoms with E-state index in [1.165, 1.54) is 23.5 Å². The Hall–Kier alpha value is -3.13. The minimum absolute atomic E-state index is 0.0275. The predicted molar refractivity (Wildman–Crippen MR) is 103 cm³/mol. The van der Waals surface area contributed by atoms with Gasteiger partial charge < -0.3 is 5.32 Å². The summed E-state index contributed by atoms with van der Waals surface area (Å²) in [5.74, 6) is -2.28. The van der Waals surface area contributed by atoms with Crippen LogP contribution >= 0.6 is 11.3 Å². The second kappa shape index (κ2) is 6.20. The fraction of sp³-hybridized carbons (Fsp3) is 0.150. The molecule has 1 amide bonds. The molecule has 140 valence electrons. The Bertz CT molecular complexity index is 1210. The van der Waals surface area contributed by atoms with E-state index in [4.69, 9.17) is 0 Å². The number of nitrogens with one attached hydrogen (secondary N) is 1. The van der Waals surface area contributed by atoms with E-state index in [9.17, 15) is 13.6 Å². The molecule has 0 bridgehead atoms. The van der Waals surface area contributed by atoms with Gasteiger partial charge >= 0.3 is 0 Å². The Morgan fingerprint density at radius 2 is 2.00 bits per heavy atom. The molecule has 1 aliphatic rings. The van der Waals surface area contributed by atoms with Gasteiger partial charge in [0.2, 0.25) is 11.0 Å². The van der Waals surface area contributed by atoms with Gasteiger partial charge in [-0.2, -0.15) is 9.78 Å². The Morgan fingerprint density at radius 1 is 1.18 bits per heavy atom. The number of aryl methyl sites for hydroxylation is 1. The number of amides is 1. The van der Waals surface area contributed by atoms with Gasteiger partial charge in [-0.3, -0.25) is 4.79 Å². The highest BCUT2D eigenvalue weighted by atomic mass is 32.1. The third-order valence-electron chi connectivity index (χ3n) is 4.92. The summed E-state index contributed by atoms with van der Waals surface area (Å²) in [6, 6.07) is 11.7. The van der Waals surface area contributed by atoms with Gasteiger partial charge in [0.05, 0.1) is 15.9 Å². The van der Waals surface area contributed by atoms with Gasteiger partial charge in [0.15, 0.2) is 11.6 Å². The number of carbonyl (C=O) groups is 1. The van der Waals surface area contributed by atoms with Gasteiger partial charge in [-0.25, -0.2) is 13.8 Å². The number of carbonyl (C=O) groups excluding carboxylic acids is 1. The van der Waals surface area contributed by atoms with Crippen molar-refractivity contribution in [3.8, 4) is 5.13 Å². The molecule has 4 aromatic rings. The highest BCUT2D eigenvalue weighted by Gasteiger charge is 2.35. The third kappa shape index (κ3) is 2.52. The fourth-order valence-corrected chi connectivity index (χ4v) is 4.62. The van der Waals surface area contributed by atoms with Crippen molar-refractivity contribution in [3.63, 3.8) is 0 Å². The minimum Gasteiger partial charge on any atom is -0.310 e. The van der Waals surface area contributed by atoms with Crippen LogP contribution in [-0.2, 0) is 4.79 Å². The van der Waals surface area contributed by atoms with Crippen LogP contribution in [0.15, 0.2) is 42.5 Å². The first-order chi connectivity index (χ1) is 13.5. The molecule has 1 N–H and O–H groups in total. The van der Waals surface area contributed by atoms with E-state index < -0.39 is 17.6 Å². The van der Waals surface area contributed by atoms with Crippen molar-refractivity contribution in [2.24, 2.45) is 0 Å². The molecule has 0 unspecified atom stereocenters. The number of halogens is 2. The second-order valence-corrected chi connectivity index (χ2v) is 7.68. The van der Waals surface area contributed by atoms with Crippen LogP contribution < -0.4 is 5.32 Å². The molecule has 0 saturated carbocycles. The lowest BCUT2D eigenvalue weighted by atomic mass is 9.85. The Balaban J connectivity index is 1.70. The van der Waals surface area contributed by atoms with Gasteiger partial charge in [0.1, 0.15) is 5.82 Å². The van der Waals surface area contributed by atoms with Crippen LogP contribution in [0.25, 0.3) is 15.3 Å². The molecule has 0 fully saturated rings. The largest absolute Gasteiger partial charge is 0.310 e. The summed E-state index contributed by atoms with van der Waals surface area (Å²) in [5.41, 5.74) is 2.31. The zero-order valence-corrected chi connectivity index (χ0v) is 15.6. The summed E-state index contributed by atoms with van der Waals surface area (Å²) >= 11 is 1.44. The molecule has 0 saturated heterocycles. The van der Waals surface area contributed by atoms with Gasteiger partial charge in [-0.05, 0) is 30.7 Å². The van der Waals surface area contributed by atoms with Crippen molar-refractivity contribution in [2.45, 2.75) is 19.3 Å². The lowest BCUT2D eigenvalue weighted by Crippen LogP contribution is -2.25. The standard InChI is InChI=1S/C20H14F2N4OS/c1-10-17-12(11-5-4-6-13(21)18(11)22)9-16(27)24-19(17)26(25-10)20-23-14-7-2-3-8-15(14)28-20/h2-8,12H,9H2,1H3,(H,24,27)/t12-/m1/s1. The molecule has 1 atom stereocenters. The van der Waals surface area contributed by atoms with E-state index in [0.717, 1.165) is 16.3 Å². The van der Waals surface area contributed by atoms with Crippen molar-refractivity contribution in [2.75, 3.05) is 5.32 Å². The summed E-state index contributed by atoms with van der Waals surface area (Å²) in [5, 5.41) is 7.99. The van der Waals surface area contributed by atoms with Gasteiger partial charge in [0.25, 0.3) is 0 Å². The van der Waals surface area contributed by atoms with Crippen LogP contribution in [0.1, 0.15) is 29.2 Å². The van der Waals surface area contributed by atoms with Crippen molar-refractivity contribution >= 4 is 33.3 Å². The number of benzene rings is 2. The second-order valence-electron chi connectivity index (χ2n) is 6.67. The Labute approximate surface area is 162 Å². The Morgan fingerprint density at radius 3 is 2.82 bits per heavy atom. The smallest absolute Gasteiger partial charge is 0.226 e. The summed E-state index contributed by atoms with van der Waals surface area (Å²) in [6.07, 6.45) is 0.0275. The number of aromatic nitrogens is 3. The van der Waals surface area contributed by atoms with Gasteiger partial charge in [-0.15, -0.1) is 0 Å². The van der Waals surface area contributed by atoms with Gasteiger partial charge in [0, 0.05) is 17.9 Å². The Kier molecular flexibility index (Phi) is 3.77. The summed E-state index contributed by atoms with van der Waals surface area (Å²) in [6.45, 7) is 1.80. The van der Waals surface area contributed by atoms with Crippen molar-refractivity contribution in [3.05, 3.63) is 70.9 Å². The number of hydrogen-bond donors (Lipinski definition) is 1. The molecular weight excluding hydrogens is 382 g/mol. The first-order valence-corrected chi connectivity index (χ1v) is 9.54. The van der Waals surface area contributed by atoms with E-state index in [0.29, 0.717) is 22.2 Å². The van der Waals surface area contributed by atoms with E-state index in [-0.39, 0.29) is 17.9 Å². The fourth-order valence-electron chi connectivity index (χ4n) is 3.69. The molecule has 5 rings (SSSR count). The van der Waals surface area contributed by atoms with Crippen LogP contribution in [0.3, 0.4) is 0 Å². The van der Waals surface area contributed by atoms with Crippen LogP contribution in [0.4, 0.5) is 14.6 Å². The predicted octanol–water partition coefficient (Wildman–Crippen LogP) is 4.54. The first-order valence-electron chi connectivity index (χ1n) is 8.72. The number of hydrogen-bond acceptors (Lipinski definition) is 4. The zero-order valence-electron chi connectivity index (χ0n) is 14.7. The SMILES string of the molecule is Cc1nn(-c2nc3ccccc3s2)c2c1[C@@H](c1cccc(F)c1F)CC(=O)N2. The molecule has 1 aliphatic heterocycles. The van der Waals surface area contributed by atoms with Gasteiger partial charge in [-0.1, -0.05) is 35.6 Å². The highest BCUT2D eigenvalue weighted by Crippen LogP contribution is 2.42. The van der Waals surface area contributed by atoms with E-state index in [2.05, 4.69) is 15.4 Å². The maximum absolute atomic E-state index is 14.5. The number of fused-ring (bicyclic) bond motifs is 2. The number of para-hydroxylation sites is 1. The monoisotopic (exact) mass is 396 g/mol. The highest BCUT2D eigenvalue weighted by molar-refractivity contribution is 7.20. The van der Waals surface area contributed by atoms with Crippen LogP contribution in [0.2, 0.25) is 0 Å². The molecule has 0 spiro atoms. The van der Waals surface area contributed by atoms with Crippen molar-refractivity contribution in [1.82, 2.24) is 14.8 Å². The van der Waals surface area contributed by atoms with Crippen LogP contribution in [0.5, 0.6) is 0 Å². The number of anilines is 1. The average molecular weight is 396 g/mol. The molecule has 2 aromatic heterocycles. The molecule has 8 heteroatoms. The van der Waals surface area contributed by atoms with E-state index >= 15 is 0 Å². The maximum Gasteiger partial charge on any atom is 0.226 e. The van der Waals surface area contributed by atoms with Crippen LogP contribution in [-0.4, -0.2) is 20.7 Å². The normalized spacial score (nSPS) is 16.2. The lowest BCUT2D eigenvalue weighted by Gasteiger charge is -2.24. The molecule has 5 nitrogen and oxygen atoms in total. The van der Waals surface area contributed by atoms with Crippen molar-refractivity contribution in [1.29, 1.82) is 0 Å². The van der Waals surface area contributed by atoms with E-state index in [1.807, 2.05) is 24.3 Å². The number of thiazole rings is 1. The lowest BCUT2D eigenvalue weighted by molar-refractivity contribution is -0.116. The molecule has 2 aromatic carbocycles. The van der Waals surface area contributed by atoms with Crippen LogP contribution in [0, 0.1) is 18.6 Å². The summed E-state index contributed by atoms with van der Waals surface area (Å²) < 4.78 is 30.8. The molecule has 0 radical (unpaired) electrons. The minimum atomic E-state index is -0.930. The van der Waals surface area contributed by atoms with E-state index in [1.54, 1.807) is 11.6 Å². The molecule has 28 heavy (non-hydrogen) atoms. The summed E-state index contributed by atoms with van der Waals surface area (Å²) in [7, 11) is 0.